The molecule has 0 amide bonds. The van der Waals surface area contributed by atoms with E-state index in [1.54, 1.807) is 17.6 Å². The standard InChI is InChI=1S/C15H21N3OS/c1-15(16-2)5-7-18(8-6-15)10-12-11-19-14(17-12)13-4-3-9-20-13/h3-4,9,11,16H,5-8,10H2,1-2H3. The number of nitrogens with zero attached hydrogens (tertiary/aromatic N) is 2. The second kappa shape index (κ2) is 5.68. The zero-order chi connectivity index (χ0) is 14.0. The third-order valence-corrected chi connectivity index (χ3v) is 5.09. The molecule has 0 saturated carbocycles. The van der Waals surface area contributed by atoms with Crippen molar-refractivity contribution in [1.82, 2.24) is 15.2 Å². The lowest BCUT2D eigenvalue weighted by molar-refractivity contribution is 0.145. The minimum absolute atomic E-state index is 0.294. The molecule has 4 nitrogen and oxygen atoms in total. The topological polar surface area (TPSA) is 41.3 Å². The number of hydrogen-bond acceptors (Lipinski definition) is 5. The predicted molar refractivity (Wildman–Crippen MR) is 81.8 cm³/mol. The zero-order valence-corrected chi connectivity index (χ0v) is 12.9. The Labute approximate surface area is 123 Å². The van der Waals surface area contributed by atoms with Crippen molar-refractivity contribution >= 4 is 11.3 Å². The molecule has 2 aromatic rings. The molecule has 1 fully saturated rings. The normalized spacial score (nSPS) is 19.3. The van der Waals surface area contributed by atoms with Crippen LogP contribution in [0.15, 0.2) is 28.2 Å². The minimum Gasteiger partial charge on any atom is -0.444 e. The third-order valence-electron chi connectivity index (χ3n) is 4.23. The molecule has 0 atom stereocenters. The van der Waals surface area contributed by atoms with Crippen molar-refractivity contribution in [3.8, 4) is 10.8 Å². The number of oxazole rings is 1. The molecule has 108 valence electrons. The fourth-order valence-electron chi connectivity index (χ4n) is 2.58. The second-order valence-electron chi connectivity index (χ2n) is 5.71. The van der Waals surface area contributed by atoms with E-state index in [1.165, 1.54) is 12.8 Å². The molecular weight excluding hydrogens is 270 g/mol. The van der Waals surface area contributed by atoms with Gasteiger partial charge < -0.3 is 9.73 Å². The first-order valence-corrected chi connectivity index (χ1v) is 7.96. The first-order chi connectivity index (χ1) is 9.68. The van der Waals surface area contributed by atoms with E-state index in [2.05, 4.69) is 29.2 Å². The summed E-state index contributed by atoms with van der Waals surface area (Å²) in [6.07, 6.45) is 4.15. The average molecular weight is 291 g/mol. The van der Waals surface area contributed by atoms with Gasteiger partial charge in [-0.3, -0.25) is 4.90 Å². The summed E-state index contributed by atoms with van der Waals surface area (Å²) < 4.78 is 5.57. The Balaban J connectivity index is 1.59. The number of rotatable bonds is 4. The van der Waals surface area contributed by atoms with E-state index >= 15 is 0 Å². The van der Waals surface area contributed by atoms with E-state index in [4.69, 9.17) is 4.42 Å². The summed E-state index contributed by atoms with van der Waals surface area (Å²) in [5.74, 6) is 0.743. The molecule has 0 bridgehead atoms. The smallest absolute Gasteiger partial charge is 0.236 e. The summed E-state index contributed by atoms with van der Waals surface area (Å²) in [4.78, 5) is 8.14. The Hall–Kier alpha value is -1.17. The summed E-state index contributed by atoms with van der Waals surface area (Å²) in [7, 11) is 2.06. The number of thiophene rings is 1. The quantitative estimate of drug-likeness (QED) is 0.940. The summed E-state index contributed by atoms with van der Waals surface area (Å²) in [6, 6.07) is 4.06. The van der Waals surface area contributed by atoms with Crippen molar-refractivity contribution in [2.24, 2.45) is 0 Å². The number of nitrogens with one attached hydrogen (secondary N) is 1. The Bertz CT molecular complexity index is 541. The molecule has 1 aliphatic rings. The lowest BCUT2D eigenvalue weighted by Crippen LogP contribution is -2.49. The molecule has 0 aromatic carbocycles. The van der Waals surface area contributed by atoms with E-state index in [1.807, 2.05) is 17.5 Å². The fraction of sp³-hybridized carbons (Fsp3) is 0.533. The van der Waals surface area contributed by atoms with Crippen LogP contribution in [0.4, 0.5) is 0 Å². The van der Waals surface area contributed by atoms with Gasteiger partial charge in [0.1, 0.15) is 6.26 Å². The van der Waals surface area contributed by atoms with Crippen LogP contribution in [0.5, 0.6) is 0 Å². The van der Waals surface area contributed by atoms with E-state index in [-0.39, 0.29) is 0 Å². The SMILES string of the molecule is CNC1(C)CCN(Cc2coc(-c3cccs3)n2)CC1. The van der Waals surface area contributed by atoms with Crippen LogP contribution >= 0.6 is 11.3 Å². The molecule has 3 heterocycles. The summed E-state index contributed by atoms with van der Waals surface area (Å²) >= 11 is 1.66. The van der Waals surface area contributed by atoms with Gasteiger partial charge in [-0.1, -0.05) is 6.07 Å². The predicted octanol–water partition coefficient (Wildman–Crippen LogP) is 2.98. The second-order valence-corrected chi connectivity index (χ2v) is 6.66. The molecule has 2 aromatic heterocycles. The molecule has 0 unspecified atom stereocenters. The summed E-state index contributed by atoms with van der Waals surface area (Å²) in [5, 5.41) is 5.47. The van der Waals surface area contributed by atoms with Gasteiger partial charge in [0.05, 0.1) is 10.6 Å². The highest BCUT2D eigenvalue weighted by molar-refractivity contribution is 7.13. The van der Waals surface area contributed by atoms with E-state index < -0.39 is 0 Å². The van der Waals surface area contributed by atoms with Crippen LogP contribution in [-0.2, 0) is 6.54 Å². The minimum atomic E-state index is 0.294. The molecule has 0 aliphatic carbocycles. The van der Waals surface area contributed by atoms with Crippen molar-refractivity contribution in [1.29, 1.82) is 0 Å². The first-order valence-electron chi connectivity index (χ1n) is 7.08. The Morgan fingerprint density at radius 1 is 1.45 bits per heavy atom. The molecule has 20 heavy (non-hydrogen) atoms. The molecule has 3 rings (SSSR count). The van der Waals surface area contributed by atoms with Gasteiger partial charge in [0.25, 0.3) is 0 Å². The van der Waals surface area contributed by atoms with Gasteiger partial charge >= 0.3 is 0 Å². The van der Waals surface area contributed by atoms with Gasteiger partial charge in [0.15, 0.2) is 0 Å². The van der Waals surface area contributed by atoms with Crippen molar-refractivity contribution in [2.45, 2.75) is 31.8 Å². The Morgan fingerprint density at radius 2 is 2.25 bits per heavy atom. The maximum atomic E-state index is 5.57. The van der Waals surface area contributed by atoms with Crippen molar-refractivity contribution in [2.75, 3.05) is 20.1 Å². The highest BCUT2D eigenvalue weighted by Gasteiger charge is 2.28. The highest BCUT2D eigenvalue weighted by atomic mass is 32.1. The lowest BCUT2D eigenvalue weighted by Gasteiger charge is -2.39. The number of likely N-dealkylation sites (tertiary alicyclic amines) is 1. The van der Waals surface area contributed by atoms with Crippen LogP contribution < -0.4 is 5.32 Å². The van der Waals surface area contributed by atoms with Crippen molar-refractivity contribution < 1.29 is 4.42 Å². The lowest BCUT2D eigenvalue weighted by atomic mass is 9.90. The summed E-state index contributed by atoms with van der Waals surface area (Å²) in [5.41, 5.74) is 1.32. The third kappa shape index (κ3) is 2.95. The number of hydrogen-bond donors (Lipinski definition) is 1. The maximum absolute atomic E-state index is 5.57. The zero-order valence-electron chi connectivity index (χ0n) is 12.1. The van der Waals surface area contributed by atoms with Crippen LogP contribution in [0.25, 0.3) is 10.8 Å². The molecular formula is C15H21N3OS. The van der Waals surface area contributed by atoms with Gasteiger partial charge in [0.2, 0.25) is 5.89 Å². The van der Waals surface area contributed by atoms with Crippen LogP contribution in [0, 0.1) is 0 Å². The monoisotopic (exact) mass is 291 g/mol. The maximum Gasteiger partial charge on any atom is 0.236 e. The Kier molecular flexibility index (Phi) is 3.92. The van der Waals surface area contributed by atoms with Gasteiger partial charge in [-0.15, -0.1) is 11.3 Å². The van der Waals surface area contributed by atoms with E-state index in [0.29, 0.717) is 5.54 Å². The van der Waals surface area contributed by atoms with E-state index in [0.717, 1.165) is 36.1 Å². The molecule has 1 aliphatic heterocycles. The summed E-state index contributed by atoms with van der Waals surface area (Å²) in [6.45, 7) is 5.40. The first kappa shape index (κ1) is 13.8. The molecule has 1 N–H and O–H groups in total. The molecule has 5 heteroatoms. The van der Waals surface area contributed by atoms with Crippen LogP contribution in [0.2, 0.25) is 0 Å². The highest BCUT2D eigenvalue weighted by Crippen LogP contribution is 2.25. The van der Waals surface area contributed by atoms with Crippen molar-refractivity contribution in [3.63, 3.8) is 0 Å². The molecule has 0 spiro atoms. The van der Waals surface area contributed by atoms with Crippen LogP contribution in [0.1, 0.15) is 25.5 Å². The van der Waals surface area contributed by atoms with Gasteiger partial charge in [0, 0.05) is 25.2 Å². The van der Waals surface area contributed by atoms with Crippen LogP contribution in [0.3, 0.4) is 0 Å². The van der Waals surface area contributed by atoms with Crippen LogP contribution in [-0.4, -0.2) is 35.6 Å². The number of piperidine rings is 1. The largest absolute Gasteiger partial charge is 0.444 e. The van der Waals surface area contributed by atoms with Gasteiger partial charge in [-0.05, 0) is 38.3 Å². The van der Waals surface area contributed by atoms with Gasteiger partial charge in [-0.25, -0.2) is 4.98 Å². The fourth-order valence-corrected chi connectivity index (χ4v) is 3.23. The average Bonchev–Trinajstić information content (AvgIpc) is 3.12. The Morgan fingerprint density at radius 3 is 2.90 bits per heavy atom. The van der Waals surface area contributed by atoms with Gasteiger partial charge in [-0.2, -0.15) is 0 Å². The number of aromatic nitrogens is 1. The van der Waals surface area contributed by atoms with E-state index in [9.17, 15) is 0 Å². The van der Waals surface area contributed by atoms with Crippen molar-refractivity contribution in [3.05, 3.63) is 29.5 Å². The molecule has 0 radical (unpaired) electrons. The molecule has 1 saturated heterocycles.